The van der Waals surface area contributed by atoms with Gasteiger partial charge in [-0.2, -0.15) is 0 Å². The maximum absolute atomic E-state index is 11.7. The average molecular weight is 321 g/mol. The Morgan fingerprint density at radius 2 is 1.82 bits per heavy atom. The molecule has 0 radical (unpaired) electrons. The predicted octanol–water partition coefficient (Wildman–Crippen LogP) is 2.12. The summed E-state index contributed by atoms with van der Waals surface area (Å²) in [5.74, 6) is 0.425. The molecular weight excluding hydrogens is 298 g/mol. The van der Waals surface area contributed by atoms with E-state index >= 15 is 0 Å². The summed E-state index contributed by atoms with van der Waals surface area (Å²) in [7, 11) is 0. The molecule has 1 aromatic rings. The minimum absolute atomic E-state index is 0.0536. The molecule has 3 N–H and O–H groups in total. The van der Waals surface area contributed by atoms with E-state index in [0.717, 1.165) is 24.0 Å². The summed E-state index contributed by atoms with van der Waals surface area (Å²) in [5.41, 5.74) is 7.46. The Morgan fingerprint density at radius 1 is 1.18 bits per heavy atom. The van der Waals surface area contributed by atoms with Crippen LogP contribution >= 0.6 is 12.2 Å². The van der Waals surface area contributed by atoms with Crippen LogP contribution in [0.4, 0.5) is 0 Å². The third-order valence-corrected chi connectivity index (χ3v) is 3.79. The molecule has 0 spiro atoms. The van der Waals surface area contributed by atoms with E-state index in [1.165, 1.54) is 12.8 Å². The van der Waals surface area contributed by atoms with Gasteiger partial charge in [0.15, 0.2) is 11.7 Å². The van der Waals surface area contributed by atoms with Gasteiger partial charge in [0, 0.05) is 6.04 Å². The molecule has 1 aliphatic carbocycles. The van der Waals surface area contributed by atoms with E-state index in [-0.39, 0.29) is 12.5 Å². The smallest absolute Gasteiger partial charge is 0.276 e. The molecule has 6 heteroatoms. The number of hydrogen-bond acceptors (Lipinski definition) is 3. The van der Waals surface area contributed by atoms with Gasteiger partial charge in [0.1, 0.15) is 5.75 Å². The van der Waals surface area contributed by atoms with Crippen LogP contribution in [0.1, 0.15) is 36.8 Å². The maximum atomic E-state index is 11.7. The fourth-order valence-electron chi connectivity index (χ4n) is 2.62. The van der Waals surface area contributed by atoms with E-state index in [0.29, 0.717) is 16.9 Å². The molecule has 1 aliphatic rings. The third-order valence-electron chi connectivity index (χ3n) is 3.57. The second-order valence-electron chi connectivity index (χ2n) is 5.74. The lowest BCUT2D eigenvalue weighted by Gasteiger charge is -2.16. The molecule has 0 atom stereocenters. The van der Waals surface area contributed by atoms with Crippen molar-refractivity contribution in [1.82, 2.24) is 16.2 Å². The number of hydrazine groups is 1. The lowest BCUT2D eigenvalue weighted by Crippen LogP contribution is -2.50. The fourth-order valence-corrected chi connectivity index (χ4v) is 2.84. The van der Waals surface area contributed by atoms with Gasteiger partial charge < -0.3 is 10.1 Å². The third kappa shape index (κ3) is 5.52. The maximum Gasteiger partial charge on any atom is 0.276 e. The molecule has 0 bridgehead atoms. The Kier molecular flexibility index (Phi) is 6.00. The van der Waals surface area contributed by atoms with Crippen LogP contribution < -0.4 is 20.9 Å². The van der Waals surface area contributed by atoms with Crippen molar-refractivity contribution in [3.8, 4) is 5.75 Å². The van der Waals surface area contributed by atoms with Crippen LogP contribution in [0.5, 0.6) is 5.75 Å². The quantitative estimate of drug-likeness (QED) is 0.586. The molecule has 0 unspecified atom stereocenters. The molecule has 0 aliphatic heterocycles. The Balaban J connectivity index is 1.67. The van der Waals surface area contributed by atoms with E-state index in [2.05, 4.69) is 22.2 Å². The van der Waals surface area contributed by atoms with Gasteiger partial charge in [0.25, 0.3) is 5.91 Å². The summed E-state index contributed by atoms with van der Waals surface area (Å²) < 4.78 is 5.48. The standard InChI is InChI=1S/C16H23N3O2S/c1-11-7-12(2)9-14(8-11)21-10-15(20)18-19-16(22)17-13-5-3-4-6-13/h7-9,13H,3-6,10H2,1-2H3,(H,18,20)(H2,17,19,22). The molecule has 120 valence electrons. The zero-order valence-corrected chi connectivity index (χ0v) is 13.9. The largest absolute Gasteiger partial charge is 0.484 e. The normalized spacial score (nSPS) is 14.5. The van der Waals surface area contributed by atoms with Gasteiger partial charge in [-0.1, -0.05) is 18.9 Å². The van der Waals surface area contributed by atoms with Crippen molar-refractivity contribution in [1.29, 1.82) is 0 Å². The first-order valence-electron chi connectivity index (χ1n) is 7.59. The van der Waals surface area contributed by atoms with E-state index in [4.69, 9.17) is 17.0 Å². The van der Waals surface area contributed by atoms with Gasteiger partial charge in [-0.25, -0.2) is 0 Å². The minimum atomic E-state index is -0.269. The van der Waals surface area contributed by atoms with Crippen molar-refractivity contribution in [2.75, 3.05) is 6.61 Å². The van der Waals surface area contributed by atoms with E-state index in [1.807, 2.05) is 26.0 Å². The molecule has 22 heavy (non-hydrogen) atoms. The fraction of sp³-hybridized carbons (Fsp3) is 0.500. The van der Waals surface area contributed by atoms with Crippen LogP contribution in [-0.2, 0) is 4.79 Å². The number of nitrogens with one attached hydrogen (secondary N) is 3. The number of hydrogen-bond donors (Lipinski definition) is 3. The number of carbonyl (C=O) groups is 1. The molecule has 1 saturated carbocycles. The lowest BCUT2D eigenvalue weighted by atomic mass is 10.1. The molecule has 1 aromatic carbocycles. The highest BCUT2D eigenvalue weighted by Gasteiger charge is 2.15. The first kappa shape index (κ1) is 16.5. The number of aryl methyl sites for hydroxylation is 2. The van der Waals surface area contributed by atoms with Crippen LogP contribution in [0, 0.1) is 13.8 Å². The van der Waals surface area contributed by atoms with Crippen molar-refractivity contribution in [2.24, 2.45) is 0 Å². The van der Waals surface area contributed by atoms with Crippen LogP contribution in [0.3, 0.4) is 0 Å². The summed E-state index contributed by atoms with van der Waals surface area (Å²) in [5, 5.41) is 3.64. The summed E-state index contributed by atoms with van der Waals surface area (Å²) in [6, 6.07) is 6.28. The second-order valence-corrected chi connectivity index (χ2v) is 6.15. The number of thiocarbonyl (C=S) groups is 1. The van der Waals surface area contributed by atoms with Gasteiger partial charge in [-0.15, -0.1) is 0 Å². The highest BCUT2D eigenvalue weighted by atomic mass is 32.1. The van der Waals surface area contributed by atoms with Crippen LogP contribution in [0.2, 0.25) is 0 Å². The predicted molar refractivity (Wildman–Crippen MR) is 90.7 cm³/mol. The average Bonchev–Trinajstić information content (AvgIpc) is 2.95. The first-order valence-corrected chi connectivity index (χ1v) is 8.00. The molecule has 1 amide bonds. The van der Waals surface area contributed by atoms with Crippen molar-refractivity contribution in [2.45, 2.75) is 45.6 Å². The molecule has 5 nitrogen and oxygen atoms in total. The van der Waals surface area contributed by atoms with Crippen molar-refractivity contribution in [3.63, 3.8) is 0 Å². The van der Waals surface area contributed by atoms with E-state index in [1.54, 1.807) is 0 Å². The Morgan fingerprint density at radius 3 is 2.45 bits per heavy atom. The van der Waals surface area contributed by atoms with Gasteiger partial charge in [0.2, 0.25) is 0 Å². The summed E-state index contributed by atoms with van der Waals surface area (Å²) >= 11 is 5.14. The number of amides is 1. The molecule has 0 saturated heterocycles. The molecule has 1 fully saturated rings. The van der Waals surface area contributed by atoms with E-state index in [9.17, 15) is 4.79 Å². The van der Waals surface area contributed by atoms with Gasteiger partial charge >= 0.3 is 0 Å². The first-order chi connectivity index (χ1) is 10.5. The van der Waals surface area contributed by atoms with Crippen molar-refractivity contribution < 1.29 is 9.53 Å². The SMILES string of the molecule is Cc1cc(C)cc(OCC(=O)NNC(=S)NC2CCCC2)c1. The summed E-state index contributed by atoms with van der Waals surface area (Å²) in [6.45, 7) is 3.94. The lowest BCUT2D eigenvalue weighted by molar-refractivity contribution is -0.123. The van der Waals surface area contributed by atoms with Crippen LogP contribution in [-0.4, -0.2) is 23.7 Å². The number of carbonyl (C=O) groups excluding carboxylic acids is 1. The Labute approximate surface area is 136 Å². The molecule has 2 rings (SSSR count). The summed E-state index contributed by atoms with van der Waals surface area (Å²) in [6.07, 6.45) is 4.73. The van der Waals surface area contributed by atoms with Crippen LogP contribution in [0.25, 0.3) is 0 Å². The van der Waals surface area contributed by atoms with Crippen LogP contribution in [0.15, 0.2) is 18.2 Å². The minimum Gasteiger partial charge on any atom is -0.484 e. The van der Waals surface area contributed by atoms with Crippen molar-refractivity contribution >= 4 is 23.2 Å². The number of benzene rings is 1. The van der Waals surface area contributed by atoms with Gasteiger partial charge in [-0.05, 0) is 62.2 Å². The number of rotatable bonds is 4. The number of ether oxygens (including phenoxy) is 1. The zero-order chi connectivity index (χ0) is 15.9. The van der Waals surface area contributed by atoms with Crippen molar-refractivity contribution in [3.05, 3.63) is 29.3 Å². The Bertz CT molecular complexity index is 522. The Hall–Kier alpha value is -1.82. The van der Waals surface area contributed by atoms with Gasteiger partial charge in [-0.3, -0.25) is 15.6 Å². The molecule has 0 aromatic heterocycles. The molecular formula is C16H23N3O2S. The van der Waals surface area contributed by atoms with E-state index < -0.39 is 0 Å². The monoisotopic (exact) mass is 321 g/mol. The second kappa shape index (κ2) is 7.98. The zero-order valence-electron chi connectivity index (χ0n) is 13.1. The molecule has 0 heterocycles. The van der Waals surface area contributed by atoms with Gasteiger partial charge in [0.05, 0.1) is 0 Å². The summed E-state index contributed by atoms with van der Waals surface area (Å²) in [4.78, 5) is 11.7. The highest BCUT2D eigenvalue weighted by Crippen LogP contribution is 2.17. The highest BCUT2D eigenvalue weighted by molar-refractivity contribution is 7.80. The topological polar surface area (TPSA) is 62.4 Å².